The quantitative estimate of drug-likeness (QED) is 0.851. The molecular weight excluding hydrogens is 299 g/mol. The lowest BCUT2D eigenvalue weighted by molar-refractivity contribution is 0.585. The molecule has 0 heterocycles. The molecule has 5 heteroatoms. The molecule has 0 radical (unpaired) electrons. The molecule has 0 aromatic heterocycles. The number of halogens is 2. The summed E-state index contributed by atoms with van der Waals surface area (Å²) in [4.78, 5) is 0.106. The molecule has 0 saturated carbocycles. The van der Waals surface area contributed by atoms with Crippen molar-refractivity contribution in [2.75, 3.05) is 5.75 Å². The van der Waals surface area contributed by atoms with E-state index in [0.29, 0.717) is 10.6 Å². The highest BCUT2D eigenvalue weighted by atomic mass is 35.5. The second-order valence-electron chi connectivity index (χ2n) is 4.22. The van der Waals surface area contributed by atoms with Crippen LogP contribution in [0.3, 0.4) is 0 Å². The van der Waals surface area contributed by atoms with Crippen molar-refractivity contribution in [2.45, 2.75) is 4.90 Å². The van der Waals surface area contributed by atoms with Crippen LogP contribution in [0.1, 0.15) is 5.56 Å². The Kier molecular flexibility index (Phi) is 4.57. The van der Waals surface area contributed by atoms with Gasteiger partial charge in [-0.25, -0.2) is 12.8 Å². The second-order valence-corrected chi connectivity index (χ2v) is 6.64. The lowest BCUT2D eigenvalue weighted by Crippen LogP contribution is -2.07. The third-order valence-electron chi connectivity index (χ3n) is 2.60. The van der Waals surface area contributed by atoms with Crippen molar-refractivity contribution >= 4 is 27.5 Å². The fourth-order valence-corrected chi connectivity index (χ4v) is 3.10. The van der Waals surface area contributed by atoms with Gasteiger partial charge in [-0.05, 0) is 35.9 Å². The second kappa shape index (κ2) is 6.20. The fraction of sp³-hybridized carbons (Fsp3) is 0.0667. The van der Waals surface area contributed by atoms with Gasteiger partial charge in [-0.2, -0.15) is 0 Å². The van der Waals surface area contributed by atoms with Crippen LogP contribution in [0.2, 0.25) is 5.02 Å². The van der Waals surface area contributed by atoms with Gasteiger partial charge in [-0.1, -0.05) is 41.9 Å². The summed E-state index contributed by atoms with van der Waals surface area (Å²) >= 11 is 5.79. The maximum Gasteiger partial charge on any atom is 0.184 e. The molecular formula is C15H12ClFO2S. The molecule has 0 saturated heterocycles. The molecule has 0 aliphatic rings. The van der Waals surface area contributed by atoms with E-state index in [9.17, 15) is 12.8 Å². The summed E-state index contributed by atoms with van der Waals surface area (Å²) in [5, 5.41) is 0.470. The van der Waals surface area contributed by atoms with Gasteiger partial charge in [0.15, 0.2) is 9.84 Å². The van der Waals surface area contributed by atoms with E-state index in [-0.39, 0.29) is 4.90 Å². The zero-order valence-corrected chi connectivity index (χ0v) is 12.0. The minimum Gasteiger partial charge on any atom is -0.223 e. The van der Waals surface area contributed by atoms with Crippen molar-refractivity contribution in [1.82, 2.24) is 0 Å². The summed E-state index contributed by atoms with van der Waals surface area (Å²) in [6.45, 7) is 0. The van der Waals surface area contributed by atoms with Crippen LogP contribution in [0, 0.1) is 0 Å². The van der Waals surface area contributed by atoms with E-state index in [4.69, 9.17) is 11.6 Å². The van der Waals surface area contributed by atoms with Gasteiger partial charge >= 0.3 is 0 Å². The van der Waals surface area contributed by atoms with Gasteiger partial charge in [0.2, 0.25) is 0 Å². The van der Waals surface area contributed by atoms with Crippen molar-refractivity contribution in [1.29, 1.82) is 0 Å². The van der Waals surface area contributed by atoms with Crippen LogP contribution in [0.25, 0.3) is 6.08 Å². The average molecular weight is 311 g/mol. The summed E-state index contributed by atoms with van der Waals surface area (Å²) in [5.74, 6) is -1.39. The molecule has 0 aliphatic carbocycles. The largest absolute Gasteiger partial charge is 0.223 e. The van der Waals surface area contributed by atoms with E-state index >= 15 is 0 Å². The van der Waals surface area contributed by atoms with Crippen LogP contribution in [0.15, 0.2) is 65.3 Å². The molecule has 0 bridgehead atoms. The minimum atomic E-state index is -3.67. The molecule has 0 unspecified atom stereocenters. The fourth-order valence-electron chi connectivity index (χ4n) is 1.71. The normalized spacial score (nSPS) is 12.4. The summed E-state index contributed by atoms with van der Waals surface area (Å²) in [5.41, 5.74) is 0.526. The van der Waals surface area contributed by atoms with Gasteiger partial charge in [-0.3, -0.25) is 0 Å². The number of benzene rings is 2. The third-order valence-corrected chi connectivity index (χ3v) is 4.48. The van der Waals surface area contributed by atoms with Crippen LogP contribution >= 0.6 is 11.6 Å². The van der Waals surface area contributed by atoms with Gasteiger partial charge in [0.05, 0.1) is 4.90 Å². The van der Waals surface area contributed by atoms with E-state index in [0.717, 1.165) is 0 Å². The molecule has 2 nitrogen and oxygen atoms in total. The molecule has 0 atom stereocenters. The van der Waals surface area contributed by atoms with Gasteiger partial charge in [0.25, 0.3) is 0 Å². The Bertz CT molecular complexity index is 725. The summed E-state index contributed by atoms with van der Waals surface area (Å²) in [6.07, 6.45) is 1.17. The number of hydrogen-bond acceptors (Lipinski definition) is 2. The molecule has 2 rings (SSSR count). The highest BCUT2D eigenvalue weighted by molar-refractivity contribution is 7.91. The van der Waals surface area contributed by atoms with Gasteiger partial charge in [0, 0.05) is 5.02 Å². The van der Waals surface area contributed by atoms with E-state index in [1.54, 1.807) is 42.5 Å². The molecule has 2 aromatic rings. The molecule has 0 spiro atoms. The van der Waals surface area contributed by atoms with E-state index < -0.39 is 21.4 Å². The molecule has 2 aromatic carbocycles. The lowest BCUT2D eigenvalue weighted by Gasteiger charge is -2.03. The lowest BCUT2D eigenvalue weighted by atomic mass is 10.2. The topological polar surface area (TPSA) is 34.1 Å². The first-order valence-corrected chi connectivity index (χ1v) is 7.90. The molecule has 20 heavy (non-hydrogen) atoms. The van der Waals surface area contributed by atoms with Crippen LogP contribution in [0.4, 0.5) is 4.39 Å². The van der Waals surface area contributed by atoms with Crippen molar-refractivity contribution in [3.05, 3.63) is 71.0 Å². The Morgan fingerprint density at radius 2 is 1.80 bits per heavy atom. The number of sulfone groups is 1. The van der Waals surface area contributed by atoms with Crippen LogP contribution in [-0.4, -0.2) is 14.2 Å². The predicted octanol–water partition coefficient (Wildman–Crippen LogP) is 4.12. The first kappa shape index (κ1) is 14.8. The molecule has 0 amide bonds. The Morgan fingerprint density at radius 1 is 1.10 bits per heavy atom. The Labute approximate surface area is 122 Å². The van der Waals surface area contributed by atoms with Gasteiger partial charge in [0.1, 0.15) is 11.6 Å². The highest BCUT2D eigenvalue weighted by Crippen LogP contribution is 2.18. The van der Waals surface area contributed by atoms with Gasteiger partial charge < -0.3 is 0 Å². The highest BCUT2D eigenvalue weighted by Gasteiger charge is 2.16. The standard InChI is InChI=1S/C15H12ClFO2S/c16-13-6-4-5-12(9-13)10-14(17)11-20(18,19)15-7-2-1-3-8-15/h1-10H,11H2/b14-10-. The van der Waals surface area contributed by atoms with Crippen molar-refractivity contribution in [2.24, 2.45) is 0 Å². The van der Waals surface area contributed by atoms with Gasteiger partial charge in [-0.15, -0.1) is 0 Å². The van der Waals surface area contributed by atoms with Crippen molar-refractivity contribution in [3.63, 3.8) is 0 Å². The zero-order chi connectivity index (χ0) is 14.6. The van der Waals surface area contributed by atoms with Crippen LogP contribution < -0.4 is 0 Å². The van der Waals surface area contributed by atoms with Crippen molar-refractivity contribution in [3.8, 4) is 0 Å². The van der Waals surface area contributed by atoms with Crippen LogP contribution in [-0.2, 0) is 9.84 Å². The Morgan fingerprint density at radius 3 is 2.45 bits per heavy atom. The Balaban J connectivity index is 2.21. The monoisotopic (exact) mass is 310 g/mol. The first-order chi connectivity index (χ1) is 9.47. The Hall–Kier alpha value is -1.65. The van der Waals surface area contributed by atoms with Crippen molar-refractivity contribution < 1.29 is 12.8 Å². The number of rotatable bonds is 4. The molecule has 0 fully saturated rings. The summed E-state index contributed by atoms with van der Waals surface area (Å²) in [7, 11) is -3.67. The van der Waals surface area contributed by atoms with E-state index in [2.05, 4.69) is 0 Å². The predicted molar refractivity (Wildman–Crippen MR) is 79.0 cm³/mol. The van der Waals surface area contributed by atoms with E-state index in [1.807, 2.05) is 0 Å². The zero-order valence-electron chi connectivity index (χ0n) is 10.5. The smallest absolute Gasteiger partial charge is 0.184 e. The molecule has 104 valence electrons. The molecule has 0 aliphatic heterocycles. The minimum absolute atomic E-state index is 0.106. The maximum absolute atomic E-state index is 13.8. The van der Waals surface area contributed by atoms with E-state index in [1.165, 1.54) is 18.2 Å². The SMILES string of the molecule is O=S(=O)(C/C(F)=C/c1cccc(Cl)c1)c1ccccc1. The van der Waals surface area contributed by atoms with Crippen LogP contribution in [0.5, 0.6) is 0 Å². The summed E-state index contributed by atoms with van der Waals surface area (Å²) < 4.78 is 37.8. The average Bonchev–Trinajstić information content (AvgIpc) is 2.39. The first-order valence-electron chi connectivity index (χ1n) is 5.87. The molecule has 0 N–H and O–H groups in total. The maximum atomic E-state index is 13.8. The number of hydrogen-bond donors (Lipinski definition) is 0. The summed E-state index contributed by atoms with van der Waals surface area (Å²) in [6, 6.07) is 14.4. The third kappa shape index (κ3) is 3.92.